The minimum atomic E-state index is -0.624. The number of benzene rings is 2. The second kappa shape index (κ2) is 9.62. The second-order valence-corrected chi connectivity index (χ2v) is 10.1. The zero-order valence-corrected chi connectivity index (χ0v) is 20.4. The predicted octanol–water partition coefficient (Wildman–Crippen LogP) is 6.09. The highest BCUT2D eigenvalue weighted by Gasteiger charge is 2.41. The number of hydrogen-bond acceptors (Lipinski definition) is 6. The van der Waals surface area contributed by atoms with Gasteiger partial charge in [-0.3, -0.25) is 19.8 Å². The zero-order chi connectivity index (χ0) is 22.8. The van der Waals surface area contributed by atoms with Gasteiger partial charge < -0.3 is 5.11 Å². The van der Waals surface area contributed by atoms with Crippen LogP contribution in [0.4, 0.5) is 11.4 Å². The zero-order valence-electron chi connectivity index (χ0n) is 17.4. The fourth-order valence-corrected chi connectivity index (χ4v) is 5.81. The van der Waals surface area contributed by atoms with Gasteiger partial charge >= 0.3 is 5.69 Å². The number of carbonyl (C=O) groups is 1. The first-order valence-corrected chi connectivity index (χ1v) is 12.3. The van der Waals surface area contributed by atoms with Crippen LogP contribution in [-0.2, 0) is 4.79 Å². The Balaban J connectivity index is 1.75. The van der Waals surface area contributed by atoms with E-state index in [0.717, 1.165) is 31.4 Å². The van der Waals surface area contributed by atoms with E-state index in [4.69, 9.17) is 4.99 Å². The van der Waals surface area contributed by atoms with Crippen LogP contribution in [0.3, 0.4) is 0 Å². The topological polar surface area (TPSA) is 96.0 Å². The number of halogens is 1. The Morgan fingerprint density at radius 3 is 2.66 bits per heavy atom. The number of para-hydroxylation sites is 1. The molecular weight excluding hydrogens is 541 g/mol. The van der Waals surface area contributed by atoms with E-state index in [9.17, 15) is 20.0 Å². The molecule has 1 aliphatic heterocycles. The molecule has 2 aliphatic rings. The Bertz CT molecular complexity index is 1120. The Kier molecular flexibility index (Phi) is 6.85. The number of amidine groups is 1. The minimum Gasteiger partial charge on any atom is -0.501 e. The molecule has 0 bridgehead atoms. The maximum Gasteiger partial charge on any atom is 0.312 e. The van der Waals surface area contributed by atoms with Crippen molar-refractivity contribution in [1.29, 1.82) is 0 Å². The Labute approximate surface area is 203 Å². The van der Waals surface area contributed by atoms with Gasteiger partial charge in [-0.2, -0.15) is 0 Å². The highest BCUT2D eigenvalue weighted by atomic mass is 127. The lowest BCUT2D eigenvalue weighted by molar-refractivity contribution is -0.386. The van der Waals surface area contributed by atoms with Crippen LogP contribution in [0, 0.1) is 19.6 Å². The SMILES string of the molecule is C[C@H]1CCCC[C@H]1N1C(=O)/C(=C/c2cc(I)c(O)c([N+](=O)[O-])c2)SC1=Nc1ccccc1. The number of nitro benzene ring substituents is 1. The van der Waals surface area contributed by atoms with E-state index in [2.05, 4.69) is 6.92 Å². The van der Waals surface area contributed by atoms with Crippen molar-refractivity contribution in [2.75, 3.05) is 0 Å². The number of hydrogen-bond donors (Lipinski definition) is 1. The number of nitro groups is 1. The molecule has 9 heteroatoms. The Morgan fingerprint density at radius 1 is 1.25 bits per heavy atom. The first-order chi connectivity index (χ1) is 15.3. The first-order valence-electron chi connectivity index (χ1n) is 10.4. The Morgan fingerprint density at radius 2 is 1.97 bits per heavy atom. The molecule has 0 unspecified atom stereocenters. The fourth-order valence-electron chi connectivity index (χ4n) is 4.13. The number of thioether (sulfide) groups is 1. The van der Waals surface area contributed by atoms with Gasteiger partial charge in [-0.05, 0) is 83.0 Å². The van der Waals surface area contributed by atoms with Crippen molar-refractivity contribution < 1.29 is 14.8 Å². The van der Waals surface area contributed by atoms with Crippen molar-refractivity contribution >= 4 is 62.9 Å². The molecule has 7 nitrogen and oxygen atoms in total. The molecule has 32 heavy (non-hydrogen) atoms. The highest BCUT2D eigenvalue weighted by Crippen LogP contribution is 2.41. The summed E-state index contributed by atoms with van der Waals surface area (Å²) in [5.74, 6) is -0.134. The molecule has 1 saturated carbocycles. The van der Waals surface area contributed by atoms with Crippen LogP contribution in [0.2, 0.25) is 0 Å². The highest BCUT2D eigenvalue weighted by molar-refractivity contribution is 14.1. The third-order valence-corrected chi connectivity index (χ3v) is 7.58. The van der Waals surface area contributed by atoms with Crippen molar-refractivity contribution in [3.63, 3.8) is 0 Å². The monoisotopic (exact) mass is 563 g/mol. The number of phenolic OH excluding ortho intramolecular Hbond substituents is 1. The van der Waals surface area contributed by atoms with Crippen LogP contribution in [0.5, 0.6) is 5.75 Å². The van der Waals surface area contributed by atoms with Crippen LogP contribution in [0.15, 0.2) is 52.4 Å². The normalized spacial score (nSPS) is 23.8. The van der Waals surface area contributed by atoms with Gasteiger partial charge in [0.2, 0.25) is 5.75 Å². The number of nitrogens with zero attached hydrogens (tertiary/aromatic N) is 3. The van der Waals surface area contributed by atoms with Gasteiger partial charge in [0.1, 0.15) is 0 Å². The lowest BCUT2D eigenvalue weighted by Crippen LogP contribution is -2.44. The van der Waals surface area contributed by atoms with Crippen molar-refractivity contribution in [3.8, 4) is 5.75 Å². The van der Waals surface area contributed by atoms with Gasteiger partial charge in [-0.15, -0.1) is 0 Å². The van der Waals surface area contributed by atoms with Crippen LogP contribution in [0.1, 0.15) is 38.2 Å². The summed E-state index contributed by atoms with van der Waals surface area (Å²) in [6.45, 7) is 2.18. The smallest absolute Gasteiger partial charge is 0.312 e. The molecule has 2 aromatic carbocycles. The van der Waals surface area contributed by atoms with Gasteiger partial charge in [0.15, 0.2) is 5.17 Å². The lowest BCUT2D eigenvalue weighted by atomic mass is 9.85. The summed E-state index contributed by atoms with van der Waals surface area (Å²) in [7, 11) is 0. The summed E-state index contributed by atoms with van der Waals surface area (Å²) in [5, 5.41) is 21.9. The summed E-state index contributed by atoms with van der Waals surface area (Å²) in [6.07, 6.45) is 5.88. The van der Waals surface area contributed by atoms with Crippen molar-refractivity contribution in [3.05, 3.63) is 66.6 Å². The third kappa shape index (κ3) is 4.68. The minimum absolute atomic E-state index is 0.0754. The van der Waals surface area contributed by atoms with Crippen LogP contribution >= 0.6 is 34.4 Å². The standard InChI is InChI=1S/C23H22IN3O4S/c1-14-7-5-6-10-18(14)26-22(29)20(32-23(26)25-16-8-3-2-4-9-16)13-15-11-17(24)21(28)19(12-15)27(30)31/h2-4,8-9,11-14,18,28H,5-7,10H2,1H3/b20-13-,25-23?/t14-,18+/m0/s1. The van der Waals surface area contributed by atoms with Gasteiger partial charge in [-0.25, -0.2) is 4.99 Å². The maximum atomic E-state index is 13.5. The van der Waals surface area contributed by atoms with E-state index in [1.165, 1.54) is 17.8 Å². The molecule has 0 spiro atoms. The average Bonchev–Trinajstić information content (AvgIpc) is 3.06. The second-order valence-electron chi connectivity index (χ2n) is 7.97. The number of aliphatic imine (C=N–C) groups is 1. The average molecular weight is 563 g/mol. The first kappa shape index (κ1) is 22.8. The van der Waals surface area contributed by atoms with Crippen molar-refractivity contribution in [1.82, 2.24) is 4.90 Å². The number of aromatic hydroxyl groups is 1. The number of carbonyl (C=O) groups excluding carboxylic acids is 1. The van der Waals surface area contributed by atoms with Gasteiger partial charge in [0.25, 0.3) is 5.91 Å². The molecule has 2 atom stereocenters. The van der Waals surface area contributed by atoms with Gasteiger partial charge in [-0.1, -0.05) is 38.0 Å². The van der Waals surface area contributed by atoms with E-state index >= 15 is 0 Å². The van der Waals surface area contributed by atoms with Crippen molar-refractivity contribution in [2.45, 2.75) is 38.6 Å². The Hall–Kier alpha value is -2.40. The molecule has 1 amide bonds. The van der Waals surface area contributed by atoms with Crippen molar-refractivity contribution in [2.24, 2.45) is 10.9 Å². The number of rotatable bonds is 4. The largest absolute Gasteiger partial charge is 0.501 e. The van der Waals surface area contributed by atoms with E-state index in [1.54, 1.807) is 12.1 Å². The van der Waals surface area contributed by atoms with E-state index < -0.39 is 4.92 Å². The van der Waals surface area contributed by atoms with E-state index in [-0.39, 0.29) is 23.4 Å². The molecule has 2 fully saturated rings. The molecule has 1 saturated heterocycles. The molecule has 166 valence electrons. The number of amides is 1. The molecule has 0 radical (unpaired) electrons. The molecule has 1 N–H and O–H groups in total. The summed E-state index contributed by atoms with van der Waals surface area (Å²) in [4.78, 5) is 31.2. The van der Waals surface area contributed by atoms with E-state index in [0.29, 0.717) is 25.1 Å². The third-order valence-electron chi connectivity index (χ3n) is 5.78. The number of phenols is 1. The van der Waals surface area contributed by atoms with Crippen LogP contribution in [-0.4, -0.2) is 32.0 Å². The summed E-state index contributed by atoms with van der Waals surface area (Å²) in [6, 6.07) is 12.5. The predicted molar refractivity (Wildman–Crippen MR) is 135 cm³/mol. The van der Waals surface area contributed by atoms with E-state index in [1.807, 2.05) is 57.8 Å². The maximum absolute atomic E-state index is 13.5. The van der Waals surface area contributed by atoms with Gasteiger partial charge in [0.05, 0.1) is 19.1 Å². The summed E-state index contributed by atoms with van der Waals surface area (Å²) < 4.78 is 0.357. The lowest BCUT2D eigenvalue weighted by Gasteiger charge is -2.35. The molecule has 2 aromatic rings. The van der Waals surface area contributed by atoms with Gasteiger partial charge in [0, 0.05) is 12.1 Å². The molecule has 1 heterocycles. The molecule has 4 rings (SSSR count). The van der Waals surface area contributed by atoms with Crippen LogP contribution < -0.4 is 0 Å². The van der Waals surface area contributed by atoms with Crippen LogP contribution in [0.25, 0.3) is 6.08 Å². The summed E-state index contributed by atoms with van der Waals surface area (Å²) in [5.41, 5.74) is 0.884. The molecular formula is C23H22IN3O4S. The fraction of sp³-hybridized carbons (Fsp3) is 0.304. The molecule has 1 aliphatic carbocycles. The quantitative estimate of drug-likeness (QED) is 0.210. The summed E-state index contributed by atoms with van der Waals surface area (Å²) >= 11 is 3.14. The molecule has 0 aromatic heterocycles.